The van der Waals surface area contributed by atoms with Crippen LogP contribution in [0.25, 0.3) is 0 Å². The second kappa shape index (κ2) is 7.67. The van der Waals surface area contributed by atoms with E-state index in [1.807, 2.05) is 11.8 Å². The van der Waals surface area contributed by atoms with Crippen LogP contribution in [0.15, 0.2) is 0 Å². The van der Waals surface area contributed by atoms with Gasteiger partial charge in [-0.05, 0) is 43.7 Å². The lowest BCUT2D eigenvalue weighted by Crippen LogP contribution is -2.41. The number of fused-ring (bicyclic) bond motifs is 1. The molecule has 3 rings (SSSR count). The highest BCUT2D eigenvalue weighted by atomic mass is 32.2. The summed E-state index contributed by atoms with van der Waals surface area (Å²) in [5, 5.41) is 13.1. The minimum atomic E-state index is -2.98. The van der Waals surface area contributed by atoms with Gasteiger partial charge in [0.05, 0.1) is 23.6 Å². The van der Waals surface area contributed by atoms with Crippen molar-refractivity contribution in [3.63, 3.8) is 0 Å². The van der Waals surface area contributed by atoms with Gasteiger partial charge in [0.1, 0.15) is 11.1 Å². The average Bonchev–Trinajstić information content (AvgIpc) is 3.11. The molecule has 0 aromatic carbocycles. The summed E-state index contributed by atoms with van der Waals surface area (Å²) in [7, 11) is -2.98. The Hall–Kier alpha value is -1.43. The minimum Gasteiger partial charge on any atom is -0.315 e. The maximum atomic E-state index is 12.5. The van der Waals surface area contributed by atoms with Crippen LogP contribution in [0, 0.1) is 17.2 Å². The van der Waals surface area contributed by atoms with Crippen molar-refractivity contribution in [1.29, 1.82) is 5.26 Å². The molecule has 1 aromatic heterocycles. The molecule has 6 nitrogen and oxygen atoms in total. The van der Waals surface area contributed by atoms with Crippen LogP contribution < -0.4 is 5.32 Å². The number of nitrogens with zero attached hydrogens (tertiary/aromatic N) is 2. The zero-order valence-corrected chi connectivity index (χ0v) is 16.9. The lowest BCUT2D eigenvalue weighted by Gasteiger charge is -2.25. The second-order valence-electron chi connectivity index (χ2n) is 7.34. The molecule has 26 heavy (non-hydrogen) atoms. The molecular weight excluding hydrogens is 370 g/mol. The molecule has 8 heteroatoms. The standard InChI is InChI=1S/C18H25N3O3S2/c1-3-21(13-6-7-26(23,24)11-13)10-17(22)20-18-15(9-19)14-5-4-12(2)8-16(14)25-18/h12-13H,3-8,10-11H2,1-2H3,(H,20,22)/t12-,13+/m1/s1. The van der Waals surface area contributed by atoms with Gasteiger partial charge in [-0.25, -0.2) is 8.42 Å². The molecule has 142 valence electrons. The number of nitriles is 1. The number of carbonyl (C=O) groups excluding carboxylic acids is 1. The number of hydrogen-bond donors (Lipinski definition) is 1. The Morgan fingerprint density at radius 1 is 1.42 bits per heavy atom. The third-order valence-electron chi connectivity index (χ3n) is 5.35. The first-order valence-electron chi connectivity index (χ1n) is 9.12. The molecule has 0 radical (unpaired) electrons. The van der Waals surface area contributed by atoms with Crippen LogP contribution in [0.5, 0.6) is 0 Å². The average molecular weight is 396 g/mol. The Labute approximate surface area is 159 Å². The molecule has 0 unspecified atom stereocenters. The molecule has 1 N–H and O–H groups in total. The first-order valence-corrected chi connectivity index (χ1v) is 11.8. The molecule has 2 heterocycles. The van der Waals surface area contributed by atoms with E-state index in [0.717, 1.165) is 24.8 Å². The molecule has 2 aliphatic rings. The highest BCUT2D eigenvalue weighted by molar-refractivity contribution is 7.91. The molecule has 1 aliphatic heterocycles. The molecule has 1 fully saturated rings. The monoisotopic (exact) mass is 395 g/mol. The Morgan fingerprint density at radius 3 is 2.81 bits per heavy atom. The third-order valence-corrected chi connectivity index (χ3v) is 8.27. The van der Waals surface area contributed by atoms with Gasteiger partial charge in [0.25, 0.3) is 0 Å². The zero-order valence-electron chi connectivity index (χ0n) is 15.2. The summed E-state index contributed by atoms with van der Waals surface area (Å²) in [6, 6.07) is 2.17. The second-order valence-corrected chi connectivity index (χ2v) is 10.7. The number of carbonyl (C=O) groups is 1. The molecule has 0 bridgehead atoms. The summed E-state index contributed by atoms with van der Waals surface area (Å²) in [5.41, 5.74) is 1.71. The number of anilines is 1. The summed E-state index contributed by atoms with van der Waals surface area (Å²) in [6.07, 6.45) is 3.52. The maximum Gasteiger partial charge on any atom is 0.239 e. The maximum absolute atomic E-state index is 12.5. The number of rotatable bonds is 5. The smallest absolute Gasteiger partial charge is 0.239 e. The van der Waals surface area contributed by atoms with Gasteiger partial charge in [0, 0.05) is 10.9 Å². The quantitative estimate of drug-likeness (QED) is 0.825. The molecule has 1 aromatic rings. The highest BCUT2D eigenvalue weighted by Gasteiger charge is 2.32. The summed E-state index contributed by atoms with van der Waals surface area (Å²) in [6.45, 7) is 4.92. The van der Waals surface area contributed by atoms with Gasteiger partial charge in [-0.1, -0.05) is 13.8 Å². The van der Waals surface area contributed by atoms with E-state index in [-0.39, 0.29) is 30.0 Å². The normalized spacial score (nSPS) is 24.2. The Balaban J connectivity index is 1.69. The van der Waals surface area contributed by atoms with E-state index in [1.165, 1.54) is 16.2 Å². The number of hydrogen-bond acceptors (Lipinski definition) is 6. The lowest BCUT2D eigenvalue weighted by molar-refractivity contribution is -0.117. The van der Waals surface area contributed by atoms with E-state index in [4.69, 9.17) is 0 Å². The zero-order chi connectivity index (χ0) is 18.9. The van der Waals surface area contributed by atoms with Crippen LogP contribution in [-0.4, -0.2) is 49.9 Å². The fourth-order valence-corrected chi connectivity index (χ4v) is 7.01. The molecule has 2 atom stereocenters. The largest absolute Gasteiger partial charge is 0.315 e. The van der Waals surface area contributed by atoms with Crippen molar-refractivity contribution in [2.45, 2.75) is 45.6 Å². The van der Waals surface area contributed by atoms with E-state index in [1.54, 1.807) is 0 Å². The van der Waals surface area contributed by atoms with Gasteiger partial charge in [0.15, 0.2) is 9.84 Å². The first-order chi connectivity index (χ1) is 12.3. The number of sulfone groups is 1. The molecule has 0 spiro atoms. The van der Waals surface area contributed by atoms with Crippen LogP contribution >= 0.6 is 11.3 Å². The van der Waals surface area contributed by atoms with Gasteiger partial charge < -0.3 is 5.32 Å². The van der Waals surface area contributed by atoms with E-state index < -0.39 is 9.84 Å². The van der Waals surface area contributed by atoms with E-state index in [0.29, 0.717) is 29.4 Å². The number of amides is 1. The fraction of sp³-hybridized carbons (Fsp3) is 0.667. The highest BCUT2D eigenvalue weighted by Crippen LogP contribution is 2.39. The van der Waals surface area contributed by atoms with E-state index in [9.17, 15) is 18.5 Å². The topological polar surface area (TPSA) is 90.3 Å². The van der Waals surface area contributed by atoms with Crippen LogP contribution in [0.1, 0.15) is 42.7 Å². The Kier molecular flexibility index (Phi) is 5.70. The summed E-state index contributed by atoms with van der Waals surface area (Å²) in [5.74, 6) is 0.753. The SMILES string of the molecule is CCN(CC(=O)Nc1sc2c(c1C#N)CC[C@@H](C)C2)[C@H]1CCS(=O)(=O)C1. The third kappa shape index (κ3) is 4.11. The molecular formula is C18H25N3O3S2. The Morgan fingerprint density at radius 2 is 2.19 bits per heavy atom. The van der Waals surface area contributed by atoms with E-state index >= 15 is 0 Å². The number of nitrogens with one attached hydrogen (secondary N) is 1. The van der Waals surface area contributed by atoms with Crippen molar-refractivity contribution < 1.29 is 13.2 Å². The van der Waals surface area contributed by atoms with Crippen molar-refractivity contribution >= 4 is 32.1 Å². The summed E-state index contributed by atoms with van der Waals surface area (Å²) in [4.78, 5) is 15.7. The molecule has 1 amide bonds. The van der Waals surface area contributed by atoms with Crippen LogP contribution in [0.2, 0.25) is 0 Å². The first kappa shape index (κ1) is 19.3. The van der Waals surface area contributed by atoms with Gasteiger partial charge in [0.2, 0.25) is 5.91 Å². The Bertz CT molecular complexity index is 839. The van der Waals surface area contributed by atoms with Crippen molar-refractivity contribution in [2.24, 2.45) is 5.92 Å². The van der Waals surface area contributed by atoms with Crippen molar-refractivity contribution in [1.82, 2.24) is 4.90 Å². The number of thiophene rings is 1. The molecule has 0 saturated carbocycles. The van der Waals surface area contributed by atoms with E-state index in [2.05, 4.69) is 18.3 Å². The summed E-state index contributed by atoms with van der Waals surface area (Å²) < 4.78 is 23.4. The van der Waals surface area contributed by atoms with Gasteiger partial charge in [-0.3, -0.25) is 9.69 Å². The van der Waals surface area contributed by atoms with Gasteiger partial charge in [-0.15, -0.1) is 11.3 Å². The summed E-state index contributed by atoms with van der Waals surface area (Å²) >= 11 is 1.52. The predicted molar refractivity (Wildman–Crippen MR) is 103 cm³/mol. The molecule has 1 saturated heterocycles. The van der Waals surface area contributed by atoms with Gasteiger partial charge in [-0.2, -0.15) is 5.26 Å². The predicted octanol–water partition coefficient (Wildman–Crippen LogP) is 2.19. The van der Waals surface area contributed by atoms with Gasteiger partial charge >= 0.3 is 0 Å². The minimum absolute atomic E-state index is 0.0939. The van der Waals surface area contributed by atoms with Crippen molar-refractivity contribution in [2.75, 3.05) is 29.9 Å². The fourth-order valence-electron chi connectivity index (χ4n) is 3.87. The van der Waals surface area contributed by atoms with Crippen molar-refractivity contribution in [3.8, 4) is 6.07 Å². The van der Waals surface area contributed by atoms with Crippen LogP contribution in [-0.2, 0) is 27.5 Å². The van der Waals surface area contributed by atoms with Crippen LogP contribution in [0.3, 0.4) is 0 Å². The lowest BCUT2D eigenvalue weighted by atomic mass is 9.89. The number of likely N-dealkylation sites (N-methyl/N-ethyl adjacent to an activating group) is 1. The van der Waals surface area contributed by atoms with Crippen LogP contribution in [0.4, 0.5) is 5.00 Å². The van der Waals surface area contributed by atoms with Crippen molar-refractivity contribution in [3.05, 3.63) is 16.0 Å². The molecule has 1 aliphatic carbocycles.